The molecule has 8 aromatic rings. The number of hydrogen-bond donors (Lipinski definition) is 0. The van der Waals surface area contributed by atoms with Gasteiger partial charge in [-0.3, -0.25) is 0 Å². The van der Waals surface area contributed by atoms with Gasteiger partial charge in [-0.15, -0.1) is 0 Å². The van der Waals surface area contributed by atoms with E-state index in [9.17, 15) is 0 Å². The molecule has 2 aliphatic rings. The summed E-state index contributed by atoms with van der Waals surface area (Å²) in [7, 11) is -2.10. The second kappa shape index (κ2) is 9.97. The first-order valence-electron chi connectivity index (χ1n) is 17.2. The van der Waals surface area contributed by atoms with Crippen molar-refractivity contribution in [3.05, 3.63) is 151 Å². The van der Waals surface area contributed by atoms with E-state index in [2.05, 4.69) is 171 Å². The van der Waals surface area contributed by atoms with Gasteiger partial charge in [0.25, 0.3) is 0 Å². The molecule has 0 amide bonds. The number of rotatable bonds is 3. The summed E-state index contributed by atoms with van der Waals surface area (Å²) in [5, 5.41) is 5.25. The summed E-state index contributed by atoms with van der Waals surface area (Å²) in [6, 6.07) is 50.7. The fourth-order valence-electron chi connectivity index (χ4n) is 8.92. The highest BCUT2D eigenvalue weighted by atomic mass is 28.3. The maximum Gasteiger partial charge on any atom is 0.161 e. The van der Waals surface area contributed by atoms with Gasteiger partial charge in [0.1, 0.15) is 8.07 Å². The van der Waals surface area contributed by atoms with Crippen LogP contribution in [0, 0.1) is 0 Å². The highest BCUT2D eigenvalue weighted by molar-refractivity contribution is 7.03. The normalized spacial score (nSPS) is 14.9. The molecule has 0 unspecified atom stereocenters. The first-order valence-corrected chi connectivity index (χ1v) is 20.2. The predicted molar refractivity (Wildman–Crippen MR) is 207 cm³/mol. The van der Waals surface area contributed by atoms with Gasteiger partial charge in [-0.25, -0.2) is 9.97 Å². The average molecular weight is 646 g/mol. The van der Waals surface area contributed by atoms with Crippen LogP contribution >= 0.6 is 0 Å². The molecule has 3 nitrogen and oxygen atoms in total. The molecule has 10 rings (SSSR count). The summed E-state index contributed by atoms with van der Waals surface area (Å²) in [5.41, 5.74) is 14.5. The molecular weight excluding hydrogens is 611 g/mol. The average Bonchev–Trinajstić information content (AvgIpc) is 3.68. The van der Waals surface area contributed by atoms with Gasteiger partial charge in [0.05, 0.1) is 22.4 Å². The van der Waals surface area contributed by atoms with Gasteiger partial charge in [-0.1, -0.05) is 142 Å². The van der Waals surface area contributed by atoms with Gasteiger partial charge in [-0.2, -0.15) is 0 Å². The molecule has 6 aromatic carbocycles. The molecule has 0 spiro atoms. The summed E-state index contributed by atoms with van der Waals surface area (Å²) >= 11 is 0. The molecule has 234 valence electrons. The fraction of sp³-hybridized carbons (Fsp3) is 0.111. The minimum Gasteiger partial charge on any atom is -0.308 e. The van der Waals surface area contributed by atoms with Crippen LogP contribution < -0.4 is 10.5 Å². The van der Waals surface area contributed by atoms with Crippen LogP contribution in [0.5, 0.6) is 0 Å². The number of benzene rings is 6. The van der Waals surface area contributed by atoms with Crippen LogP contribution in [0.4, 0.5) is 0 Å². The van der Waals surface area contributed by atoms with Gasteiger partial charge in [0, 0.05) is 38.2 Å². The van der Waals surface area contributed by atoms with Gasteiger partial charge >= 0.3 is 0 Å². The Bertz CT molecular complexity index is 2660. The van der Waals surface area contributed by atoms with E-state index in [1.54, 1.807) is 0 Å². The van der Waals surface area contributed by atoms with Crippen LogP contribution in [0.25, 0.3) is 72.4 Å². The Morgan fingerprint density at radius 1 is 0.571 bits per heavy atom. The van der Waals surface area contributed by atoms with Crippen molar-refractivity contribution in [2.24, 2.45) is 0 Å². The number of hydrogen-bond acceptors (Lipinski definition) is 2. The van der Waals surface area contributed by atoms with E-state index in [1.807, 2.05) is 0 Å². The lowest BCUT2D eigenvalue weighted by Gasteiger charge is -2.22. The number of para-hydroxylation sites is 2. The molecule has 0 saturated heterocycles. The molecule has 0 saturated carbocycles. The van der Waals surface area contributed by atoms with Crippen molar-refractivity contribution in [3.63, 3.8) is 0 Å². The molecule has 1 aliphatic heterocycles. The molecule has 0 fully saturated rings. The third-order valence-electron chi connectivity index (χ3n) is 11.2. The third-order valence-corrected chi connectivity index (χ3v) is 14.5. The Hall–Kier alpha value is -5.58. The van der Waals surface area contributed by atoms with E-state index in [0.29, 0.717) is 0 Å². The van der Waals surface area contributed by atoms with Crippen LogP contribution in [0.1, 0.15) is 25.0 Å². The molecule has 1 aliphatic carbocycles. The van der Waals surface area contributed by atoms with E-state index in [0.717, 1.165) is 28.3 Å². The standard InChI is InChI=1S/C45H35N3Si/c1-45(2)34-22-12-8-18-29(34)30-26-27-37-39(41(30)45)31-19-9-13-23-35(31)48(37)36-24-14-10-20-32(36)43-46-42(28-16-6-5-7-17-28)40-33-21-11-15-25-38(33)49(3,4)44(40)47-43/h5-27H,1-4H3. The number of nitrogens with zero attached hydrogens (tertiary/aromatic N) is 3. The zero-order valence-corrected chi connectivity index (χ0v) is 29.1. The van der Waals surface area contributed by atoms with Crippen LogP contribution in [-0.2, 0) is 5.41 Å². The van der Waals surface area contributed by atoms with E-state index in [-0.39, 0.29) is 5.41 Å². The van der Waals surface area contributed by atoms with Crippen molar-refractivity contribution in [2.75, 3.05) is 0 Å². The van der Waals surface area contributed by atoms with Crippen LogP contribution in [0.2, 0.25) is 13.1 Å². The molecule has 4 heteroatoms. The highest BCUT2D eigenvalue weighted by Gasteiger charge is 2.42. The Labute approximate surface area is 287 Å². The fourth-order valence-corrected chi connectivity index (χ4v) is 11.8. The molecule has 0 N–H and O–H groups in total. The monoisotopic (exact) mass is 645 g/mol. The molecule has 3 heterocycles. The first kappa shape index (κ1) is 28.4. The maximum atomic E-state index is 5.55. The van der Waals surface area contributed by atoms with Crippen molar-refractivity contribution < 1.29 is 0 Å². The summed E-state index contributed by atoms with van der Waals surface area (Å²) in [4.78, 5) is 11.0. The van der Waals surface area contributed by atoms with Gasteiger partial charge in [0.2, 0.25) is 0 Å². The summed E-state index contributed by atoms with van der Waals surface area (Å²) in [6.07, 6.45) is 0. The Morgan fingerprint density at radius 2 is 1.24 bits per heavy atom. The SMILES string of the molecule is CC1(C)c2ccccc2-c2ccc3c(c21)c1ccccc1n3-c1ccccc1-c1nc(-c2ccccc2)c2c(n1)[Si](C)(C)c1ccccc1-2. The molecule has 0 bridgehead atoms. The summed E-state index contributed by atoms with van der Waals surface area (Å²) < 4.78 is 2.45. The molecular formula is C45H35N3Si. The number of aromatic nitrogens is 3. The third kappa shape index (κ3) is 3.78. The van der Waals surface area contributed by atoms with Gasteiger partial charge in [0.15, 0.2) is 5.82 Å². The predicted octanol–water partition coefficient (Wildman–Crippen LogP) is 10.0. The maximum absolute atomic E-state index is 5.55. The topological polar surface area (TPSA) is 30.7 Å². The molecule has 0 radical (unpaired) electrons. The van der Waals surface area contributed by atoms with Crippen LogP contribution in [-0.4, -0.2) is 22.6 Å². The van der Waals surface area contributed by atoms with Crippen molar-refractivity contribution >= 4 is 40.4 Å². The lowest BCUT2D eigenvalue weighted by atomic mass is 9.80. The quantitative estimate of drug-likeness (QED) is 0.179. The zero-order chi connectivity index (χ0) is 33.1. The van der Waals surface area contributed by atoms with Gasteiger partial charge < -0.3 is 4.57 Å². The largest absolute Gasteiger partial charge is 0.308 e. The summed E-state index contributed by atoms with van der Waals surface area (Å²) in [6.45, 7) is 9.62. The highest BCUT2D eigenvalue weighted by Crippen LogP contribution is 2.53. The lowest BCUT2D eigenvalue weighted by molar-refractivity contribution is 0.666. The van der Waals surface area contributed by atoms with Crippen molar-refractivity contribution in [1.82, 2.24) is 14.5 Å². The Kier molecular flexibility index (Phi) is 5.79. The van der Waals surface area contributed by atoms with E-state index < -0.39 is 8.07 Å². The lowest BCUT2D eigenvalue weighted by Crippen LogP contribution is -2.50. The van der Waals surface area contributed by atoms with Gasteiger partial charge in [-0.05, 0) is 57.3 Å². The Balaban J connectivity index is 1.27. The van der Waals surface area contributed by atoms with E-state index >= 15 is 0 Å². The zero-order valence-electron chi connectivity index (χ0n) is 28.1. The van der Waals surface area contributed by atoms with E-state index in [4.69, 9.17) is 9.97 Å². The molecule has 49 heavy (non-hydrogen) atoms. The molecule has 2 aromatic heterocycles. The number of fused-ring (bicyclic) bond motifs is 10. The van der Waals surface area contributed by atoms with Crippen molar-refractivity contribution in [3.8, 4) is 50.6 Å². The molecule has 0 atom stereocenters. The van der Waals surface area contributed by atoms with Crippen LogP contribution in [0.3, 0.4) is 0 Å². The first-order chi connectivity index (χ1) is 23.9. The smallest absolute Gasteiger partial charge is 0.161 e. The van der Waals surface area contributed by atoms with Crippen molar-refractivity contribution in [1.29, 1.82) is 0 Å². The van der Waals surface area contributed by atoms with Crippen LogP contribution in [0.15, 0.2) is 140 Å². The minimum atomic E-state index is -2.10. The second-order valence-electron chi connectivity index (χ2n) is 14.6. The van der Waals surface area contributed by atoms with E-state index in [1.165, 1.54) is 65.7 Å². The minimum absolute atomic E-state index is 0.126. The summed E-state index contributed by atoms with van der Waals surface area (Å²) in [5.74, 6) is 0.779. The second-order valence-corrected chi connectivity index (χ2v) is 18.8. The Morgan fingerprint density at radius 3 is 2.08 bits per heavy atom. The van der Waals surface area contributed by atoms with Crippen molar-refractivity contribution in [2.45, 2.75) is 32.4 Å².